The van der Waals surface area contributed by atoms with Gasteiger partial charge in [0, 0.05) is 12.1 Å². The molecule has 3 aromatic rings. The van der Waals surface area contributed by atoms with E-state index in [0.29, 0.717) is 29.2 Å². The largest absolute Gasteiger partial charge is 0.459 e. The number of aromatic nitrogens is 6. The lowest BCUT2D eigenvalue weighted by molar-refractivity contribution is 0.445. The molecular formula is C13H16N6O2S. The van der Waals surface area contributed by atoms with Gasteiger partial charge in [0.2, 0.25) is 11.0 Å². The zero-order chi connectivity index (χ0) is 15.5. The van der Waals surface area contributed by atoms with Crippen LogP contribution in [0.3, 0.4) is 0 Å². The second-order valence-electron chi connectivity index (χ2n) is 5.26. The van der Waals surface area contributed by atoms with Gasteiger partial charge in [-0.1, -0.05) is 25.6 Å². The van der Waals surface area contributed by atoms with Crippen molar-refractivity contribution in [2.45, 2.75) is 38.2 Å². The molecule has 116 valence electrons. The first kappa shape index (κ1) is 14.8. The smallest absolute Gasteiger partial charge is 0.283 e. The lowest BCUT2D eigenvalue weighted by Crippen LogP contribution is -2.07. The fraction of sp³-hybridized carbons (Fsp3) is 0.462. The molecule has 0 radical (unpaired) electrons. The molecule has 3 rings (SSSR count). The molecule has 0 N–H and O–H groups in total. The molecule has 9 heteroatoms. The van der Waals surface area contributed by atoms with Crippen molar-refractivity contribution in [2.24, 2.45) is 5.92 Å². The lowest BCUT2D eigenvalue weighted by Gasteiger charge is -2.05. The van der Waals surface area contributed by atoms with E-state index >= 15 is 0 Å². The molecule has 0 unspecified atom stereocenters. The van der Waals surface area contributed by atoms with Gasteiger partial charge in [-0.25, -0.2) is 4.68 Å². The third-order valence-corrected chi connectivity index (χ3v) is 3.83. The summed E-state index contributed by atoms with van der Waals surface area (Å²) in [7, 11) is 0. The standard InChI is InChI=1S/C13H16N6O2S/c1-8(2)6-19-13(16-17-18-19)22-7-10-14-15-12(21-10)11-9(3)4-5-20-11/h4-5,8H,6-7H2,1-3H3. The zero-order valence-corrected chi connectivity index (χ0v) is 13.4. The molecule has 0 aliphatic carbocycles. The molecule has 3 heterocycles. The number of hydrogen-bond donors (Lipinski definition) is 0. The van der Waals surface area contributed by atoms with Crippen LogP contribution in [0.15, 0.2) is 26.3 Å². The SMILES string of the molecule is Cc1ccoc1-c1nnc(CSc2nnnn2CC(C)C)o1. The highest BCUT2D eigenvalue weighted by atomic mass is 32.2. The van der Waals surface area contributed by atoms with E-state index in [1.54, 1.807) is 10.9 Å². The molecule has 0 atom stereocenters. The topological polar surface area (TPSA) is 95.7 Å². The average molecular weight is 320 g/mol. The summed E-state index contributed by atoms with van der Waals surface area (Å²) in [5, 5.41) is 20.5. The fourth-order valence-corrected chi connectivity index (χ4v) is 2.61. The van der Waals surface area contributed by atoms with Gasteiger partial charge in [-0.3, -0.25) is 0 Å². The van der Waals surface area contributed by atoms with Crippen LogP contribution < -0.4 is 0 Å². The van der Waals surface area contributed by atoms with Gasteiger partial charge in [-0.2, -0.15) is 0 Å². The van der Waals surface area contributed by atoms with Gasteiger partial charge in [0.05, 0.1) is 12.0 Å². The summed E-state index contributed by atoms with van der Waals surface area (Å²) in [6, 6.07) is 1.86. The molecule has 0 fully saturated rings. The van der Waals surface area contributed by atoms with Crippen LogP contribution in [0.1, 0.15) is 25.3 Å². The molecule has 3 aromatic heterocycles. The number of hydrogen-bond acceptors (Lipinski definition) is 8. The Morgan fingerprint density at radius 1 is 1.27 bits per heavy atom. The van der Waals surface area contributed by atoms with E-state index in [0.717, 1.165) is 17.3 Å². The van der Waals surface area contributed by atoms with Gasteiger partial charge in [0.15, 0.2) is 5.76 Å². The monoisotopic (exact) mass is 320 g/mol. The Morgan fingerprint density at radius 3 is 2.86 bits per heavy atom. The first-order valence-electron chi connectivity index (χ1n) is 6.89. The number of tetrazole rings is 1. The lowest BCUT2D eigenvalue weighted by atomic mass is 10.2. The quantitative estimate of drug-likeness (QED) is 0.639. The summed E-state index contributed by atoms with van der Waals surface area (Å²) < 4.78 is 12.7. The van der Waals surface area contributed by atoms with Gasteiger partial charge < -0.3 is 8.83 Å². The number of rotatable bonds is 6. The van der Waals surface area contributed by atoms with Gasteiger partial charge in [-0.15, -0.1) is 15.3 Å². The molecule has 0 aliphatic rings. The summed E-state index contributed by atoms with van der Waals surface area (Å²) in [4.78, 5) is 0. The minimum atomic E-state index is 0.389. The number of furan rings is 1. The van der Waals surface area contributed by atoms with Crippen molar-refractivity contribution in [1.82, 2.24) is 30.4 Å². The molecule has 0 aliphatic heterocycles. The van der Waals surface area contributed by atoms with Crippen molar-refractivity contribution < 1.29 is 8.83 Å². The first-order chi connectivity index (χ1) is 10.6. The van der Waals surface area contributed by atoms with Gasteiger partial charge >= 0.3 is 0 Å². The Labute approximate surface area is 131 Å². The average Bonchev–Trinajstić information content (AvgIpc) is 3.17. The van der Waals surface area contributed by atoms with Crippen LogP contribution in [0.25, 0.3) is 11.7 Å². The Bertz CT molecular complexity index is 747. The Morgan fingerprint density at radius 2 is 2.14 bits per heavy atom. The van der Waals surface area contributed by atoms with Crippen LogP contribution in [0.4, 0.5) is 0 Å². The van der Waals surface area contributed by atoms with Crippen LogP contribution in [-0.4, -0.2) is 30.4 Å². The molecule has 0 saturated heterocycles. The Balaban J connectivity index is 1.67. The van der Waals surface area contributed by atoms with Crippen molar-refractivity contribution in [3.63, 3.8) is 0 Å². The predicted molar refractivity (Wildman–Crippen MR) is 79.0 cm³/mol. The maximum Gasteiger partial charge on any atom is 0.283 e. The highest BCUT2D eigenvalue weighted by Gasteiger charge is 2.15. The molecular weight excluding hydrogens is 304 g/mol. The summed E-state index contributed by atoms with van der Waals surface area (Å²) >= 11 is 1.46. The van der Waals surface area contributed by atoms with Gasteiger partial charge in [0.1, 0.15) is 0 Å². The van der Waals surface area contributed by atoms with E-state index in [1.807, 2.05) is 13.0 Å². The number of aryl methyl sites for hydroxylation is 1. The first-order valence-corrected chi connectivity index (χ1v) is 7.88. The third kappa shape index (κ3) is 3.19. The second kappa shape index (κ2) is 6.30. The van der Waals surface area contributed by atoms with Crippen molar-refractivity contribution in [2.75, 3.05) is 0 Å². The second-order valence-corrected chi connectivity index (χ2v) is 6.20. The minimum absolute atomic E-state index is 0.389. The van der Waals surface area contributed by atoms with Crippen LogP contribution >= 0.6 is 11.8 Å². The van der Waals surface area contributed by atoms with Crippen molar-refractivity contribution in [3.8, 4) is 11.7 Å². The molecule has 0 aromatic carbocycles. The fourth-order valence-electron chi connectivity index (χ4n) is 1.88. The summed E-state index contributed by atoms with van der Waals surface area (Å²) in [6.07, 6.45) is 1.60. The Hall–Kier alpha value is -2.16. The van der Waals surface area contributed by atoms with E-state index < -0.39 is 0 Å². The van der Waals surface area contributed by atoms with Crippen LogP contribution in [0.2, 0.25) is 0 Å². The van der Waals surface area contributed by atoms with Crippen molar-refractivity contribution in [1.29, 1.82) is 0 Å². The van der Waals surface area contributed by atoms with E-state index in [2.05, 4.69) is 39.6 Å². The van der Waals surface area contributed by atoms with Gasteiger partial charge in [-0.05, 0) is 29.3 Å². The van der Waals surface area contributed by atoms with E-state index in [9.17, 15) is 0 Å². The predicted octanol–water partition coefficient (Wildman–Crippen LogP) is 2.57. The van der Waals surface area contributed by atoms with Crippen LogP contribution in [0.5, 0.6) is 0 Å². The molecule has 0 spiro atoms. The normalized spacial score (nSPS) is 11.5. The number of nitrogens with zero attached hydrogens (tertiary/aromatic N) is 6. The van der Waals surface area contributed by atoms with Crippen LogP contribution in [0, 0.1) is 12.8 Å². The molecule has 0 amide bonds. The van der Waals surface area contributed by atoms with Crippen molar-refractivity contribution >= 4 is 11.8 Å². The van der Waals surface area contributed by atoms with Gasteiger partial charge in [0.25, 0.3) is 5.89 Å². The third-order valence-electron chi connectivity index (χ3n) is 2.89. The van der Waals surface area contributed by atoms with Crippen molar-refractivity contribution in [3.05, 3.63) is 23.8 Å². The molecule has 22 heavy (non-hydrogen) atoms. The summed E-state index contributed by atoms with van der Waals surface area (Å²) in [5.41, 5.74) is 0.962. The highest BCUT2D eigenvalue weighted by molar-refractivity contribution is 7.98. The highest BCUT2D eigenvalue weighted by Crippen LogP contribution is 2.25. The van der Waals surface area contributed by atoms with E-state index in [1.165, 1.54) is 11.8 Å². The zero-order valence-electron chi connectivity index (χ0n) is 12.6. The van der Waals surface area contributed by atoms with E-state index in [-0.39, 0.29) is 0 Å². The maximum atomic E-state index is 5.61. The number of thioether (sulfide) groups is 1. The minimum Gasteiger partial charge on any atom is -0.459 e. The molecule has 0 bridgehead atoms. The summed E-state index contributed by atoms with van der Waals surface area (Å²) in [6.45, 7) is 6.94. The molecule has 0 saturated carbocycles. The Kier molecular flexibility index (Phi) is 4.23. The molecule has 8 nitrogen and oxygen atoms in total. The van der Waals surface area contributed by atoms with Crippen LogP contribution in [-0.2, 0) is 12.3 Å². The summed E-state index contributed by atoms with van der Waals surface area (Å²) in [5.74, 6) is 2.48. The maximum absolute atomic E-state index is 5.61. The van der Waals surface area contributed by atoms with E-state index in [4.69, 9.17) is 8.83 Å².